The minimum absolute atomic E-state index is 0.461. The minimum atomic E-state index is -1.31. The van der Waals surface area contributed by atoms with Crippen LogP contribution in [0, 0.1) is 0 Å². The van der Waals surface area contributed by atoms with Gasteiger partial charge in [-0.15, -0.1) is 0 Å². The zero-order chi connectivity index (χ0) is 14.0. The molecule has 1 N–H and O–H groups in total. The second-order valence-electron chi connectivity index (χ2n) is 4.64. The maximum absolute atomic E-state index is 11.5. The van der Waals surface area contributed by atoms with Crippen LogP contribution in [0.5, 0.6) is 5.75 Å². The van der Waals surface area contributed by atoms with Crippen molar-refractivity contribution in [3.63, 3.8) is 0 Å². The molecule has 0 saturated heterocycles. The average Bonchev–Trinajstić information content (AvgIpc) is 2.44. The van der Waals surface area contributed by atoms with Crippen LogP contribution in [0.15, 0.2) is 12.1 Å². The number of methoxy groups -OCH3 is 2. The summed E-state index contributed by atoms with van der Waals surface area (Å²) in [5.41, 5.74) is 2.59. The molecule has 0 saturated carbocycles. The molecule has 1 atom stereocenters. The van der Waals surface area contributed by atoms with Gasteiger partial charge in [-0.25, -0.2) is 4.79 Å². The molecule has 19 heavy (non-hydrogen) atoms. The molecule has 0 fully saturated rings. The van der Waals surface area contributed by atoms with E-state index in [1.54, 1.807) is 13.2 Å². The van der Waals surface area contributed by atoms with Crippen LogP contribution in [0.25, 0.3) is 0 Å². The Morgan fingerprint density at radius 1 is 1.42 bits per heavy atom. The van der Waals surface area contributed by atoms with Gasteiger partial charge in [0.1, 0.15) is 5.75 Å². The van der Waals surface area contributed by atoms with Crippen LogP contribution in [0.2, 0.25) is 0 Å². The summed E-state index contributed by atoms with van der Waals surface area (Å²) in [6.45, 7) is 0.995. The number of carbonyl (C=O) groups is 1. The van der Waals surface area contributed by atoms with Crippen LogP contribution in [-0.2, 0) is 16.0 Å². The molecule has 0 aromatic heterocycles. The summed E-state index contributed by atoms with van der Waals surface area (Å²) in [6.07, 6.45) is 0.597. The summed E-state index contributed by atoms with van der Waals surface area (Å²) >= 11 is 0. The van der Waals surface area contributed by atoms with Crippen molar-refractivity contribution in [3.05, 3.63) is 23.3 Å². The summed E-state index contributed by atoms with van der Waals surface area (Å²) in [7, 11) is 4.83. The highest BCUT2D eigenvalue weighted by molar-refractivity contribution is 5.78. The van der Waals surface area contributed by atoms with Gasteiger partial charge < -0.3 is 19.5 Å². The van der Waals surface area contributed by atoms with Gasteiger partial charge in [0.25, 0.3) is 0 Å². The first-order valence-corrected chi connectivity index (χ1v) is 6.27. The molecule has 0 bridgehead atoms. The summed E-state index contributed by atoms with van der Waals surface area (Å²) in [5, 5.41) is 10.0. The van der Waals surface area contributed by atoms with Gasteiger partial charge >= 0.3 is 5.97 Å². The molecule has 0 amide bonds. The lowest BCUT2D eigenvalue weighted by molar-refractivity contribution is -0.150. The van der Waals surface area contributed by atoms with Gasteiger partial charge in [0.05, 0.1) is 14.2 Å². The first-order valence-electron chi connectivity index (χ1n) is 6.27. The lowest BCUT2D eigenvalue weighted by Crippen LogP contribution is -2.26. The van der Waals surface area contributed by atoms with E-state index in [2.05, 4.69) is 9.64 Å². The van der Waals surface area contributed by atoms with Crippen LogP contribution < -0.4 is 9.64 Å². The largest absolute Gasteiger partial charge is 0.496 e. The number of ether oxygens (including phenoxy) is 2. The van der Waals surface area contributed by atoms with E-state index < -0.39 is 12.1 Å². The van der Waals surface area contributed by atoms with Crippen molar-refractivity contribution in [2.75, 3.05) is 32.7 Å². The molecule has 1 aromatic rings. The molecular weight excluding hydrogens is 246 g/mol. The number of aliphatic hydroxyl groups is 1. The van der Waals surface area contributed by atoms with Crippen LogP contribution in [0.3, 0.4) is 0 Å². The molecule has 2 rings (SSSR count). The number of rotatable bonds is 3. The smallest absolute Gasteiger partial charge is 0.339 e. The SMILES string of the molecule is COC(=O)C(O)c1ccc2c(c1OC)CCCN2C. The highest BCUT2D eigenvalue weighted by Gasteiger charge is 2.27. The topological polar surface area (TPSA) is 59.0 Å². The van der Waals surface area contributed by atoms with Crippen molar-refractivity contribution in [2.45, 2.75) is 18.9 Å². The minimum Gasteiger partial charge on any atom is -0.496 e. The van der Waals surface area contributed by atoms with Gasteiger partial charge in [0, 0.05) is 30.4 Å². The third kappa shape index (κ3) is 2.38. The molecule has 0 spiro atoms. The fourth-order valence-corrected chi connectivity index (χ4v) is 2.54. The van der Waals surface area contributed by atoms with Gasteiger partial charge in [0.2, 0.25) is 0 Å². The number of nitrogens with zero attached hydrogens (tertiary/aromatic N) is 1. The maximum atomic E-state index is 11.5. The van der Waals surface area contributed by atoms with Crippen molar-refractivity contribution in [3.8, 4) is 5.75 Å². The maximum Gasteiger partial charge on any atom is 0.339 e. The van der Waals surface area contributed by atoms with Gasteiger partial charge in [-0.1, -0.05) is 6.07 Å². The molecule has 5 nitrogen and oxygen atoms in total. The van der Waals surface area contributed by atoms with Crippen LogP contribution in [0.1, 0.15) is 23.7 Å². The number of hydrogen-bond acceptors (Lipinski definition) is 5. The molecule has 1 aliphatic rings. The fourth-order valence-electron chi connectivity index (χ4n) is 2.54. The van der Waals surface area contributed by atoms with Crippen molar-refractivity contribution in [1.82, 2.24) is 0 Å². The zero-order valence-electron chi connectivity index (χ0n) is 11.5. The first-order chi connectivity index (χ1) is 9.10. The van der Waals surface area contributed by atoms with E-state index in [4.69, 9.17) is 4.74 Å². The Morgan fingerprint density at radius 2 is 2.16 bits per heavy atom. The number of carbonyl (C=O) groups excluding carboxylic acids is 1. The summed E-state index contributed by atoms with van der Waals surface area (Å²) in [6, 6.07) is 3.64. The fraction of sp³-hybridized carbons (Fsp3) is 0.500. The van der Waals surface area contributed by atoms with Gasteiger partial charge in [-0.05, 0) is 18.9 Å². The summed E-state index contributed by atoms with van der Waals surface area (Å²) in [5.74, 6) is -0.0932. The van der Waals surface area contributed by atoms with Crippen LogP contribution in [-0.4, -0.2) is 38.9 Å². The Bertz CT molecular complexity index is 487. The van der Waals surface area contributed by atoms with E-state index in [1.807, 2.05) is 13.1 Å². The second kappa shape index (κ2) is 5.48. The van der Waals surface area contributed by atoms with E-state index in [-0.39, 0.29) is 0 Å². The van der Waals surface area contributed by atoms with Crippen molar-refractivity contribution in [2.24, 2.45) is 0 Å². The molecule has 5 heteroatoms. The highest BCUT2D eigenvalue weighted by Crippen LogP contribution is 2.38. The van der Waals surface area contributed by atoms with E-state index in [9.17, 15) is 9.90 Å². The van der Waals surface area contributed by atoms with Gasteiger partial charge in [-0.2, -0.15) is 0 Å². The normalized spacial score (nSPS) is 15.7. The van der Waals surface area contributed by atoms with Crippen molar-refractivity contribution >= 4 is 11.7 Å². The van der Waals surface area contributed by atoms with E-state index >= 15 is 0 Å². The number of fused-ring (bicyclic) bond motifs is 1. The third-order valence-corrected chi connectivity index (χ3v) is 3.52. The average molecular weight is 265 g/mol. The lowest BCUT2D eigenvalue weighted by atomic mass is 9.95. The Balaban J connectivity index is 2.49. The van der Waals surface area contributed by atoms with Crippen molar-refractivity contribution < 1.29 is 19.4 Å². The summed E-state index contributed by atoms with van der Waals surface area (Å²) in [4.78, 5) is 13.6. The molecule has 0 radical (unpaired) electrons. The predicted octanol–water partition coefficient (Wildman–Crippen LogP) is 1.28. The van der Waals surface area contributed by atoms with E-state index in [0.717, 1.165) is 30.6 Å². The highest BCUT2D eigenvalue weighted by atomic mass is 16.5. The van der Waals surface area contributed by atoms with E-state index in [1.165, 1.54) is 7.11 Å². The standard InChI is InChI=1S/C14H19NO4/c1-15-8-4-5-9-11(15)7-6-10(13(9)18-2)12(16)14(17)19-3/h6-7,12,16H,4-5,8H2,1-3H3. The Hall–Kier alpha value is -1.75. The number of aliphatic hydroxyl groups excluding tert-OH is 1. The molecular formula is C14H19NO4. The zero-order valence-corrected chi connectivity index (χ0v) is 11.5. The Kier molecular flexibility index (Phi) is 3.95. The molecule has 1 aliphatic heterocycles. The first kappa shape index (κ1) is 13.7. The summed E-state index contributed by atoms with van der Waals surface area (Å²) < 4.78 is 9.99. The molecule has 0 aliphatic carbocycles. The molecule has 1 unspecified atom stereocenters. The molecule has 104 valence electrons. The van der Waals surface area contributed by atoms with Crippen molar-refractivity contribution in [1.29, 1.82) is 0 Å². The second-order valence-corrected chi connectivity index (χ2v) is 4.64. The molecule has 1 heterocycles. The number of anilines is 1. The van der Waals surface area contributed by atoms with Crippen LogP contribution >= 0.6 is 0 Å². The number of esters is 1. The third-order valence-electron chi connectivity index (χ3n) is 3.52. The van der Waals surface area contributed by atoms with Gasteiger partial charge in [-0.3, -0.25) is 0 Å². The Morgan fingerprint density at radius 3 is 2.79 bits per heavy atom. The number of benzene rings is 1. The van der Waals surface area contributed by atoms with Gasteiger partial charge in [0.15, 0.2) is 6.10 Å². The monoisotopic (exact) mass is 265 g/mol. The molecule has 1 aromatic carbocycles. The Labute approximate surface area is 112 Å². The van der Waals surface area contributed by atoms with Crippen LogP contribution in [0.4, 0.5) is 5.69 Å². The quantitative estimate of drug-likeness (QED) is 0.834. The van der Waals surface area contributed by atoms with E-state index in [0.29, 0.717) is 11.3 Å². The lowest BCUT2D eigenvalue weighted by Gasteiger charge is -2.30. The predicted molar refractivity (Wildman–Crippen MR) is 71.6 cm³/mol. The number of hydrogen-bond donors (Lipinski definition) is 1.